The number of aromatic amines is 1. The van der Waals surface area contributed by atoms with Crippen molar-refractivity contribution in [3.63, 3.8) is 0 Å². The normalized spacial score (nSPS) is 11.7. The Kier molecular flexibility index (Phi) is 4.20. The lowest BCUT2D eigenvalue weighted by molar-refractivity contribution is 0.0952. The van der Waals surface area contributed by atoms with E-state index in [-0.39, 0.29) is 17.7 Å². The van der Waals surface area contributed by atoms with Gasteiger partial charge < -0.3 is 15.0 Å². The number of rotatable bonds is 5. The van der Waals surface area contributed by atoms with Gasteiger partial charge in [0.15, 0.2) is 12.0 Å². The number of aromatic nitrogens is 1. The average molecular weight is 272 g/mol. The molecule has 2 N–H and O–H groups in total. The summed E-state index contributed by atoms with van der Waals surface area (Å²) in [5.74, 6) is 0.0381. The van der Waals surface area contributed by atoms with Crippen LogP contribution in [0.1, 0.15) is 39.6 Å². The molecule has 0 aliphatic rings. The number of hydrogen-bond donors (Lipinski definition) is 2. The number of carbonyl (C=O) groups excluding carboxylic acids is 2. The van der Waals surface area contributed by atoms with Crippen molar-refractivity contribution in [2.75, 3.05) is 7.05 Å². The maximum atomic E-state index is 11.7. The number of amides is 1. The molecular formula is C15H16N2O3. The highest BCUT2D eigenvalue weighted by molar-refractivity contribution is 5.96. The molecule has 2 rings (SSSR count). The minimum atomic E-state index is -0.326. The lowest BCUT2D eigenvalue weighted by atomic mass is 10.1. The zero-order valence-electron chi connectivity index (χ0n) is 11.3. The second-order valence-electron chi connectivity index (χ2n) is 4.33. The van der Waals surface area contributed by atoms with Crippen LogP contribution in [0.5, 0.6) is 5.75 Å². The number of nitrogens with one attached hydrogen (secondary N) is 2. The maximum absolute atomic E-state index is 11.7. The van der Waals surface area contributed by atoms with Crippen LogP contribution in [-0.2, 0) is 0 Å². The lowest BCUT2D eigenvalue weighted by Gasteiger charge is -2.14. The zero-order valence-corrected chi connectivity index (χ0v) is 11.3. The third-order valence-corrected chi connectivity index (χ3v) is 2.96. The summed E-state index contributed by atoms with van der Waals surface area (Å²) in [5.41, 5.74) is 1.54. The van der Waals surface area contributed by atoms with Crippen molar-refractivity contribution < 1.29 is 14.3 Å². The van der Waals surface area contributed by atoms with E-state index in [0.717, 1.165) is 5.56 Å². The van der Waals surface area contributed by atoms with Gasteiger partial charge in [-0.25, -0.2) is 0 Å². The highest BCUT2D eigenvalue weighted by atomic mass is 16.5. The second-order valence-corrected chi connectivity index (χ2v) is 4.33. The van der Waals surface area contributed by atoms with E-state index < -0.39 is 0 Å². The summed E-state index contributed by atoms with van der Waals surface area (Å²) < 4.78 is 5.79. The van der Waals surface area contributed by atoms with E-state index in [9.17, 15) is 9.59 Å². The largest absolute Gasteiger partial charge is 0.484 e. The molecule has 0 aliphatic carbocycles. The van der Waals surface area contributed by atoms with Gasteiger partial charge in [0, 0.05) is 13.1 Å². The Hall–Kier alpha value is -2.56. The van der Waals surface area contributed by atoms with Crippen LogP contribution in [0.25, 0.3) is 0 Å². The van der Waals surface area contributed by atoms with Gasteiger partial charge >= 0.3 is 0 Å². The Morgan fingerprint density at radius 3 is 2.65 bits per heavy atom. The lowest BCUT2D eigenvalue weighted by Crippen LogP contribution is -2.19. The average Bonchev–Trinajstić information content (AvgIpc) is 2.90. The number of carbonyl (C=O) groups is 2. The molecule has 1 heterocycles. The van der Waals surface area contributed by atoms with Crippen LogP contribution < -0.4 is 10.1 Å². The topological polar surface area (TPSA) is 71.2 Å². The number of hydrogen-bond acceptors (Lipinski definition) is 3. The minimum Gasteiger partial charge on any atom is -0.484 e. The van der Waals surface area contributed by atoms with Crippen molar-refractivity contribution >= 4 is 12.2 Å². The fourth-order valence-electron chi connectivity index (χ4n) is 1.89. The molecule has 0 fully saturated rings. The summed E-state index contributed by atoms with van der Waals surface area (Å²) in [6.07, 6.45) is 0.418. The molecule has 0 saturated carbocycles. The first-order valence-electron chi connectivity index (χ1n) is 6.27. The summed E-state index contributed by atoms with van der Waals surface area (Å²) in [6.45, 7) is 1.89. The second kappa shape index (κ2) is 6.06. The van der Waals surface area contributed by atoms with Crippen LogP contribution in [0.15, 0.2) is 36.4 Å². The Labute approximate surface area is 117 Å². The smallest absolute Gasteiger partial charge is 0.271 e. The summed E-state index contributed by atoms with van der Waals surface area (Å²) in [5, 5.41) is 2.51. The molecule has 1 amide bonds. The number of benzene rings is 1. The van der Waals surface area contributed by atoms with Crippen LogP contribution >= 0.6 is 0 Å². The molecular weight excluding hydrogens is 256 g/mol. The Balaban J connectivity index is 2.26. The molecule has 0 radical (unpaired) electrons. The third-order valence-electron chi connectivity index (χ3n) is 2.96. The van der Waals surface area contributed by atoms with Crippen molar-refractivity contribution in [2.45, 2.75) is 13.0 Å². The summed E-state index contributed by atoms with van der Waals surface area (Å²) >= 11 is 0. The monoisotopic (exact) mass is 272 g/mol. The zero-order chi connectivity index (χ0) is 14.5. The van der Waals surface area contributed by atoms with Gasteiger partial charge in [-0.3, -0.25) is 9.59 Å². The van der Waals surface area contributed by atoms with Crippen molar-refractivity contribution in [3.05, 3.63) is 53.3 Å². The fourth-order valence-corrected chi connectivity index (χ4v) is 1.89. The molecule has 20 heavy (non-hydrogen) atoms. The van der Waals surface area contributed by atoms with Gasteiger partial charge in [0.05, 0.1) is 5.69 Å². The fraction of sp³-hybridized carbons (Fsp3) is 0.200. The van der Waals surface area contributed by atoms with Crippen LogP contribution in [0.4, 0.5) is 0 Å². The quantitative estimate of drug-likeness (QED) is 0.821. The van der Waals surface area contributed by atoms with Crippen LogP contribution in [0.2, 0.25) is 0 Å². The molecule has 1 aromatic carbocycles. The Bertz CT molecular complexity index is 605. The predicted octanol–water partition coefficient (Wildman–Crippen LogP) is 2.33. The van der Waals surface area contributed by atoms with E-state index in [1.54, 1.807) is 0 Å². The van der Waals surface area contributed by atoms with Gasteiger partial charge in [-0.1, -0.05) is 30.3 Å². The molecule has 104 valence electrons. The SMILES string of the molecule is CNC(=O)c1[nH]c(C=O)cc1O[C@@H](C)c1ccccc1. The highest BCUT2D eigenvalue weighted by Gasteiger charge is 2.18. The van der Waals surface area contributed by atoms with E-state index >= 15 is 0 Å². The van der Waals surface area contributed by atoms with E-state index in [1.807, 2.05) is 37.3 Å². The predicted molar refractivity (Wildman–Crippen MR) is 75.1 cm³/mol. The molecule has 0 saturated heterocycles. The number of ether oxygens (including phenoxy) is 1. The first-order chi connectivity index (χ1) is 9.65. The van der Waals surface area contributed by atoms with Gasteiger partial charge in [-0.05, 0) is 12.5 Å². The van der Waals surface area contributed by atoms with Crippen molar-refractivity contribution in [1.29, 1.82) is 0 Å². The summed E-state index contributed by atoms with van der Waals surface area (Å²) in [6, 6.07) is 11.2. The van der Waals surface area contributed by atoms with Gasteiger partial charge in [-0.2, -0.15) is 0 Å². The van der Waals surface area contributed by atoms with Gasteiger partial charge in [0.25, 0.3) is 5.91 Å². The van der Waals surface area contributed by atoms with E-state index in [4.69, 9.17) is 4.74 Å². The van der Waals surface area contributed by atoms with Crippen LogP contribution in [-0.4, -0.2) is 24.2 Å². The number of H-pyrrole nitrogens is 1. The minimum absolute atomic E-state index is 0.227. The van der Waals surface area contributed by atoms with Gasteiger partial charge in [0.2, 0.25) is 0 Å². The van der Waals surface area contributed by atoms with Crippen molar-refractivity contribution in [2.24, 2.45) is 0 Å². The molecule has 0 spiro atoms. The third kappa shape index (κ3) is 2.88. The molecule has 1 aromatic heterocycles. The molecule has 0 aliphatic heterocycles. The first-order valence-corrected chi connectivity index (χ1v) is 6.27. The molecule has 1 atom stereocenters. The molecule has 0 bridgehead atoms. The summed E-state index contributed by atoms with van der Waals surface area (Å²) in [4.78, 5) is 25.3. The van der Waals surface area contributed by atoms with E-state index in [0.29, 0.717) is 17.7 Å². The maximum Gasteiger partial charge on any atom is 0.271 e. The molecule has 2 aromatic rings. The Morgan fingerprint density at radius 1 is 1.35 bits per heavy atom. The number of aldehydes is 1. The summed E-state index contributed by atoms with van der Waals surface area (Å²) in [7, 11) is 1.52. The molecule has 5 heteroatoms. The molecule has 5 nitrogen and oxygen atoms in total. The first kappa shape index (κ1) is 13.9. The van der Waals surface area contributed by atoms with Crippen LogP contribution in [0, 0.1) is 0 Å². The van der Waals surface area contributed by atoms with E-state index in [2.05, 4.69) is 10.3 Å². The van der Waals surface area contributed by atoms with Gasteiger partial charge in [-0.15, -0.1) is 0 Å². The molecule has 0 unspecified atom stereocenters. The van der Waals surface area contributed by atoms with E-state index in [1.165, 1.54) is 13.1 Å². The standard InChI is InChI=1S/C15H16N2O3/c1-10(11-6-4-3-5-7-11)20-13-8-12(9-18)17-14(13)15(19)16-2/h3-10,17H,1-2H3,(H,16,19)/t10-/m0/s1. The van der Waals surface area contributed by atoms with Crippen molar-refractivity contribution in [3.8, 4) is 5.75 Å². The van der Waals surface area contributed by atoms with Gasteiger partial charge in [0.1, 0.15) is 11.8 Å². The highest BCUT2D eigenvalue weighted by Crippen LogP contribution is 2.26. The van der Waals surface area contributed by atoms with Crippen molar-refractivity contribution in [1.82, 2.24) is 10.3 Å². The Morgan fingerprint density at radius 2 is 2.05 bits per heavy atom. The van der Waals surface area contributed by atoms with Crippen LogP contribution in [0.3, 0.4) is 0 Å².